The van der Waals surface area contributed by atoms with Crippen molar-refractivity contribution in [3.63, 3.8) is 0 Å². The van der Waals surface area contributed by atoms with Gasteiger partial charge >= 0.3 is 6.61 Å². The number of hydrogen-bond acceptors (Lipinski definition) is 3. The lowest BCUT2D eigenvalue weighted by atomic mass is 10.1. The molecule has 6 heteroatoms. The van der Waals surface area contributed by atoms with Gasteiger partial charge in [-0.2, -0.15) is 8.78 Å². The van der Waals surface area contributed by atoms with Crippen LogP contribution in [0.2, 0.25) is 0 Å². The molecule has 0 atom stereocenters. The highest BCUT2D eigenvalue weighted by atomic mass is 19.3. The minimum Gasteiger partial charge on any atom is -0.434 e. The lowest BCUT2D eigenvalue weighted by Gasteiger charge is -2.18. The Kier molecular flexibility index (Phi) is 7.95. The Labute approximate surface area is 158 Å². The van der Waals surface area contributed by atoms with Crippen LogP contribution in [-0.4, -0.2) is 30.5 Å². The third kappa shape index (κ3) is 6.83. The number of nitrogens with one attached hydrogen (secondary N) is 1. The van der Waals surface area contributed by atoms with Gasteiger partial charge in [0.2, 0.25) is 5.91 Å². The van der Waals surface area contributed by atoms with Crippen LogP contribution < -0.4 is 10.1 Å². The lowest BCUT2D eigenvalue weighted by molar-refractivity contribution is -0.111. The van der Waals surface area contributed by atoms with E-state index in [-0.39, 0.29) is 11.7 Å². The first-order valence-corrected chi connectivity index (χ1v) is 8.86. The molecule has 1 N–H and O–H groups in total. The SMILES string of the molecule is CCN(CC)Cc1cccc(NC(=O)/C=C/c2ccccc2OC(F)F)c1. The molecular formula is C21H24F2N2O2. The molecule has 0 saturated carbocycles. The normalized spacial score (nSPS) is 11.3. The summed E-state index contributed by atoms with van der Waals surface area (Å²) in [5.41, 5.74) is 2.20. The fourth-order valence-electron chi connectivity index (χ4n) is 2.62. The maximum Gasteiger partial charge on any atom is 0.387 e. The summed E-state index contributed by atoms with van der Waals surface area (Å²) >= 11 is 0. The van der Waals surface area contributed by atoms with Crippen molar-refractivity contribution in [2.24, 2.45) is 0 Å². The van der Waals surface area contributed by atoms with Crippen molar-refractivity contribution in [3.05, 3.63) is 65.7 Å². The quantitative estimate of drug-likeness (QED) is 0.642. The highest BCUT2D eigenvalue weighted by Crippen LogP contribution is 2.21. The van der Waals surface area contributed by atoms with Gasteiger partial charge in [0, 0.05) is 23.9 Å². The molecule has 0 radical (unpaired) electrons. The maximum atomic E-state index is 12.4. The Hall–Kier alpha value is -2.73. The number of ether oxygens (including phenoxy) is 1. The number of nitrogens with zero attached hydrogens (tertiary/aromatic N) is 1. The van der Waals surface area contributed by atoms with E-state index in [4.69, 9.17) is 0 Å². The Bertz CT molecular complexity index is 774. The molecule has 0 heterocycles. The van der Waals surface area contributed by atoms with Crippen molar-refractivity contribution >= 4 is 17.7 Å². The number of halogens is 2. The molecule has 0 spiro atoms. The summed E-state index contributed by atoms with van der Waals surface area (Å²) in [6.45, 7) is 4.02. The predicted molar refractivity (Wildman–Crippen MR) is 104 cm³/mol. The summed E-state index contributed by atoms with van der Waals surface area (Å²) in [4.78, 5) is 14.4. The number of alkyl halides is 2. The van der Waals surface area contributed by atoms with Gasteiger partial charge in [0.1, 0.15) is 5.75 Å². The number of anilines is 1. The lowest BCUT2D eigenvalue weighted by Crippen LogP contribution is -2.22. The second-order valence-electron chi connectivity index (χ2n) is 5.90. The Balaban J connectivity index is 2.03. The zero-order valence-electron chi connectivity index (χ0n) is 15.5. The van der Waals surface area contributed by atoms with E-state index in [9.17, 15) is 13.6 Å². The first-order chi connectivity index (χ1) is 13.0. The maximum absolute atomic E-state index is 12.4. The number of amides is 1. The first-order valence-electron chi connectivity index (χ1n) is 8.86. The van der Waals surface area contributed by atoms with Gasteiger partial charge in [0.25, 0.3) is 0 Å². The Morgan fingerprint density at radius 1 is 1.15 bits per heavy atom. The van der Waals surface area contributed by atoms with Crippen LogP contribution in [0.15, 0.2) is 54.6 Å². The summed E-state index contributed by atoms with van der Waals surface area (Å²) in [5, 5.41) is 2.79. The Morgan fingerprint density at radius 3 is 2.59 bits per heavy atom. The molecule has 2 aromatic carbocycles. The molecule has 0 saturated heterocycles. The fraction of sp³-hybridized carbons (Fsp3) is 0.286. The molecule has 2 rings (SSSR count). The smallest absolute Gasteiger partial charge is 0.387 e. The zero-order chi connectivity index (χ0) is 19.6. The van der Waals surface area contributed by atoms with Crippen molar-refractivity contribution in [1.82, 2.24) is 4.90 Å². The number of rotatable bonds is 9. The van der Waals surface area contributed by atoms with Gasteiger partial charge < -0.3 is 10.1 Å². The molecule has 144 valence electrons. The highest BCUT2D eigenvalue weighted by Gasteiger charge is 2.08. The molecule has 2 aromatic rings. The van der Waals surface area contributed by atoms with E-state index in [1.54, 1.807) is 18.2 Å². The van der Waals surface area contributed by atoms with Gasteiger partial charge in [-0.3, -0.25) is 9.69 Å². The second kappa shape index (κ2) is 10.4. The molecular weight excluding hydrogens is 350 g/mol. The molecule has 4 nitrogen and oxygen atoms in total. The van der Waals surface area contributed by atoms with E-state index >= 15 is 0 Å². The van der Waals surface area contributed by atoms with Gasteiger partial charge in [-0.05, 0) is 42.9 Å². The largest absolute Gasteiger partial charge is 0.434 e. The van der Waals surface area contributed by atoms with Gasteiger partial charge in [0.05, 0.1) is 0 Å². The highest BCUT2D eigenvalue weighted by molar-refractivity contribution is 6.02. The van der Waals surface area contributed by atoms with Gasteiger partial charge in [-0.1, -0.05) is 44.2 Å². The second-order valence-corrected chi connectivity index (χ2v) is 5.90. The molecule has 27 heavy (non-hydrogen) atoms. The monoisotopic (exact) mass is 374 g/mol. The Morgan fingerprint density at radius 2 is 1.89 bits per heavy atom. The van der Waals surface area contributed by atoms with Crippen molar-refractivity contribution in [2.45, 2.75) is 27.0 Å². The molecule has 0 aliphatic heterocycles. The van der Waals surface area contributed by atoms with Crippen LogP contribution in [-0.2, 0) is 11.3 Å². The zero-order valence-corrected chi connectivity index (χ0v) is 15.5. The molecule has 1 amide bonds. The molecule has 0 unspecified atom stereocenters. The van der Waals surface area contributed by atoms with Gasteiger partial charge in [-0.25, -0.2) is 0 Å². The van der Waals surface area contributed by atoms with Crippen LogP contribution in [0.5, 0.6) is 5.75 Å². The van der Waals surface area contributed by atoms with Crippen LogP contribution in [0.4, 0.5) is 14.5 Å². The predicted octanol–water partition coefficient (Wildman–Crippen LogP) is 4.78. The van der Waals surface area contributed by atoms with E-state index in [1.807, 2.05) is 24.3 Å². The van der Waals surface area contributed by atoms with Crippen LogP contribution in [0.1, 0.15) is 25.0 Å². The summed E-state index contributed by atoms with van der Waals surface area (Å²) in [6.07, 6.45) is 2.75. The molecule has 0 aromatic heterocycles. The number of hydrogen-bond donors (Lipinski definition) is 1. The van der Waals surface area contributed by atoms with Crippen LogP contribution in [0.25, 0.3) is 6.08 Å². The van der Waals surface area contributed by atoms with E-state index in [0.717, 1.165) is 25.2 Å². The van der Waals surface area contributed by atoms with Crippen LogP contribution >= 0.6 is 0 Å². The van der Waals surface area contributed by atoms with Crippen molar-refractivity contribution in [1.29, 1.82) is 0 Å². The summed E-state index contributed by atoms with van der Waals surface area (Å²) < 4.78 is 29.3. The van der Waals surface area contributed by atoms with E-state index < -0.39 is 6.61 Å². The van der Waals surface area contributed by atoms with Crippen LogP contribution in [0.3, 0.4) is 0 Å². The average molecular weight is 374 g/mol. The summed E-state index contributed by atoms with van der Waals surface area (Å²) in [7, 11) is 0. The molecule has 0 fully saturated rings. The van der Waals surface area contributed by atoms with Crippen LogP contribution in [0, 0.1) is 0 Å². The number of carbonyl (C=O) groups is 1. The number of para-hydroxylation sites is 1. The van der Waals surface area contributed by atoms with E-state index in [1.165, 1.54) is 18.2 Å². The number of carbonyl (C=O) groups excluding carboxylic acids is 1. The van der Waals surface area contributed by atoms with Crippen molar-refractivity contribution in [3.8, 4) is 5.75 Å². The third-order valence-electron chi connectivity index (χ3n) is 4.04. The van der Waals surface area contributed by atoms with E-state index in [2.05, 4.69) is 28.8 Å². The molecule has 0 bridgehead atoms. The summed E-state index contributed by atoms with van der Waals surface area (Å²) in [6, 6.07) is 14.0. The van der Waals surface area contributed by atoms with Crippen molar-refractivity contribution in [2.75, 3.05) is 18.4 Å². The van der Waals surface area contributed by atoms with E-state index in [0.29, 0.717) is 11.3 Å². The minimum absolute atomic E-state index is 0.0257. The first kappa shape index (κ1) is 20.6. The third-order valence-corrected chi connectivity index (χ3v) is 4.04. The van der Waals surface area contributed by atoms with Gasteiger partial charge in [-0.15, -0.1) is 0 Å². The number of benzene rings is 2. The molecule has 0 aliphatic rings. The van der Waals surface area contributed by atoms with Crippen molar-refractivity contribution < 1.29 is 18.3 Å². The summed E-state index contributed by atoms with van der Waals surface area (Å²) in [5.74, 6) is -0.320. The van der Waals surface area contributed by atoms with Gasteiger partial charge in [0.15, 0.2) is 0 Å². The topological polar surface area (TPSA) is 41.6 Å². The molecule has 0 aliphatic carbocycles. The average Bonchev–Trinajstić information content (AvgIpc) is 2.65. The standard InChI is InChI=1S/C21H24F2N2O2/c1-3-25(4-2)15-16-8-7-10-18(14-16)24-20(26)13-12-17-9-5-6-11-19(17)27-21(22)23/h5-14,21H,3-4,15H2,1-2H3,(H,24,26)/b13-12+. The minimum atomic E-state index is -2.91. The fourth-order valence-corrected chi connectivity index (χ4v) is 2.62.